The quantitative estimate of drug-likeness (QED) is 0.699. The first-order valence-electron chi connectivity index (χ1n) is 9.09. The summed E-state index contributed by atoms with van der Waals surface area (Å²) in [6, 6.07) is 4.96. The minimum absolute atomic E-state index is 0.0142. The fourth-order valence-corrected chi connectivity index (χ4v) is 2.98. The van der Waals surface area contributed by atoms with Gasteiger partial charge in [-0.3, -0.25) is 19.7 Å². The molecule has 2 aliphatic rings. The van der Waals surface area contributed by atoms with Crippen LogP contribution in [0.2, 0.25) is 0 Å². The Labute approximate surface area is 162 Å². The van der Waals surface area contributed by atoms with E-state index in [0.29, 0.717) is 11.4 Å². The Morgan fingerprint density at radius 3 is 2.68 bits per heavy atom. The lowest BCUT2D eigenvalue weighted by Gasteiger charge is -2.20. The third kappa shape index (κ3) is 4.79. The van der Waals surface area contributed by atoms with Crippen LogP contribution >= 0.6 is 0 Å². The van der Waals surface area contributed by atoms with E-state index in [1.807, 2.05) is 19.1 Å². The Hall–Kier alpha value is -3.10. The molecule has 1 saturated heterocycles. The summed E-state index contributed by atoms with van der Waals surface area (Å²) in [6.07, 6.45) is 1.78. The fourth-order valence-electron chi connectivity index (χ4n) is 2.98. The van der Waals surface area contributed by atoms with Gasteiger partial charge in [0.15, 0.2) is 6.61 Å². The zero-order valence-electron chi connectivity index (χ0n) is 15.8. The monoisotopic (exact) mass is 389 g/mol. The van der Waals surface area contributed by atoms with Crippen molar-refractivity contribution in [2.45, 2.75) is 32.2 Å². The van der Waals surface area contributed by atoms with Gasteiger partial charge in [-0.25, -0.2) is 4.79 Å². The third-order valence-electron chi connectivity index (χ3n) is 4.59. The van der Waals surface area contributed by atoms with E-state index in [-0.39, 0.29) is 24.9 Å². The highest BCUT2D eigenvalue weighted by Crippen LogP contribution is 2.34. The normalized spacial score (nSPS) is 18.6. The molecule has 1 aromatic rings. The number of urea groups is 1. The highest BCUT2D eigenvalue weighted by molar-refractivity contribution is 6.01. The molecule has 1 atom stereocenters. The Morgan fingerprint density at radius 2 is 2.00 bits per heavy atom. The van der Waals surface area contributed by atoms with Crippen LogP contribution in [-0.2, 0) is 19.1 Å². The van der Waals surface area contributed by atoms with Gasteiger partial charge in [0.2, 0.25) is 5.91 Å². The highest BCUT2D eigenvalue weighted by atomic mass is 16.5. The van der Waals surface area contributed by atoms with Gasteiger partial charge >= 0.3 is 12.0 Å². The predicted molar refractivity (Wildman–Crippen MR) is 98.8 cm³/mol. The molecule has 1 aromatic carbocycles. The van der Waals surface area contributed by atoms with E-state index in [9.17, 15) is 19.2 Å². The molecule has 2 N–H and O–H groups in total. The number of nitrogens with zero attached hydrogens (tertiary/aromatic N) is 1. The SMILES string of the molecule is COc1ccc(C)cc1N1C[C@@H](C(=O)OCC(=O)NC(=O)NC2CC2)CC1=O. The van der Waals surface area contributed by atoms with Crippen LogP contribution in [0, 0.1) is 12.8 Å². The molecule has 2 fully saturated rings. The molecule has 1 aliphatic carbocycles. The van der Waals surface area contributed by atoms with Crippen molar-refractivity contribution in [1.29, 1.82) is 0 Å². The first-order chi connectivity index (χ1) is 13.4. The first-order valence-corrected chi connectivity index (χ1v) is 9.09. The summed E-state index contributed by atoms with van der Waals surface area (Å²) < 4.78 is 10.3. The molecule has 9 heteroatoms. The number of carbonyl (C=O) groups is 4. The summed E-state index contributed by atoms with van der Waals surface area (Å²) in [5.74, 6) is -1.74. The van der Waals surface area contributed by atoms with Crippen LogP contribution in [0.25, 0.3) is 0 Å². The van der Waals surface area contributed by atoms with Crippen molar-refractivity contribution < 1.29 is 28.7 Å². The lowest BCUT2D eigenvalue weighted by atomic mass is 10.1. The minimum atomic E-state index is -0.715. The van der Waals surface area contributed by atoms with Crippen LogP contribution in [0.15, 0.2) is 18.2 Å². The standard InChI is InChI=1S/C19H23N3O6/c1-11-3-6-15(27-2)14(7-11)22-9-12(8-17(22)24)18(25)28-10-16(23)21-19(26)20-13-4-5-13/h3,6-7,12-13H,4-5,8-10H2,1-2H3,(H2,20,21,23,26)/t12-/m0/s1. The number of benzene rings is 1. The molecule has 3 rings (SSSR count). The second kappa shape index (κ2) is 8.28. The molecule has 0 radical (unpaired) electrons. The average Bonchev–Trinajstić information content (AvgIpc) is 3.38. The molecule has 0 bridgehead atoms. The predicted octanol–water partition coefficient (Wildman–Crippen LogP) is 0.888. The average molecular weight is 389 g/mol. The number of rotatable bonds is 6. The number of hydrogen-bond donors (Lipinski definition) is 2. The summed E-state index contributed by atoms with van der Waals surface area (Å²) in [5.41, 5.74) is 1.55. The van der Waals surface area contributed by atoms with Crippen molar-refractivity contribution in [2.75, 3.05) is 25.2 Å². The Bertz CT molecular complexity index is 805. The molecule has 0 unspecified atom stereocenters. The lowest BCUT2D eigenvalue weighted by Crippen LogP contribution is -2.42. The van der Waals surface area contributed by atoms with Gasteiger partial charge in [0, 0.05) is 19.0 Å². The lowest BCUT2D eigenvalue weighted by molar-refractivity contribution is -0.152. The summed E-state index contributed by atoms with van der Waals surface area (Å²) in [7, 11) is 1.51. The van der Waals surface area contributed by atoms with Gasteiger partial charge in [-0.15, -0.1) is 0 Å². The fraction of sp³-hybridized carbons (Fsp3) is 0.474. The number of anilines is 1. The topological polar surface area (TPSA) is 114 Å². The van der Waals surface area contributed by atoms with Crippen molar-refractivity contribution in [3.8, 4) is 5.75 Å². The summed E-state index contributed by atoms with van der Waals surface area (Å²) in [6.45, 7) is 1.46. The van der Waals surface area contributed by atoms with E-state index in [1.165, 1.54) is 12.0 Å². The molecular weight excluding hydrogens is 366 g/mol. The Balaban J connectivity index is 1.53. The molecular formula is C19H23N3O6. The van der Waals surface area contributed by atoms with Gasteiger partial charge < -0.3 is 19.7 Å². The smallest absolute Gasteiger partial charge is 0.321 e. The van der Waals surface area contributed by atoms with E-state index in [4.69, 9.17) is 9.47 Å². The number of imide groups is 1. The molecule has 1 heterocycles. The van der Waals surface area contributed by atoms with Crippen molar-refractivity contribution in [3.63, 3.8) is 0 Å². The van der Waals surface area contributed by atoms with Crippen molar-refractivity contribution in [2.24, 2.45) is 5.92 Å². The molecule has 1 saturated carbocycles. The van der Waals surface area contributed by atoms with E-state index < -0.39 is 30.4 Å². The highest BCUT2D eigenvalue weighted by Gasteiger charge is 2.37. The largest absolute Gasteiger partial charge is 0.495 e. The van der Waals surface area contributed by atoms with Gasteiger partial charge in [0.25, 0.3) is 5.91 Å². The maximum Gasteiger partial charge on any atom is 0.321 e. The van der Waals surface area contributed by atoms with Crippen molar-refractivity contribution >= 4 is 29.5 Å². The van der Waals surface area contributed by atoms with Gasteiger partial charge in [-0.2, -0.15) is 0 Å². The third-order valence-corrected chi connectivity index (χ3v) is 4.59. The molecule has 4 amide bonds. The molecule has 1 aliphatic heterocycles. The molecule has 0 spiro atoms. The number of carbonyl (C=O) groups excluding carboxylic acids is 4. The van der Waals surface area contributed by atoms with Crippen molar-refractivity contribution in [1.82, 2.24) is 10.6 Å². The molecule has 0 aromatic heterocycles. The number of amides is 4. The number of nitrogens with one attached hydrogen (secondary N) is 2. The van der Waals surface area contributed by atoms with Gasteiger partial charge in [0.1, 0.15) is 5.75 Å². The van der Waals surface area contributed by atoms with Crippen LogP contribution in [0.1, 0.15) is 24.8 Å². The van der Waals surface area contributed by atoms with Gasteiger partial charge in [-0.1, -0.05) is 6.07 Å². The zero-order valence-corrected chi connectivity index (χ0v) is 15.8. The number of esters is 1. The van der Waals surface area contributed by atoms with Crippen LogP contribution in [-0.4, -0.2) is 50.1 Å². The minimum Gasteiger partial charge on any atom is -0.495 e. The van der Waals surface area contributed by atoms with Crippen LogP contribution in [0.3, 0.4) is 0 Å². The second-order valence-corrected chi connectivity index (χ2v) is 6.98. The molecule has 9 nitrogen and oxygen atoms in total. The van der Waals surface area contributed by atoms with Crippen LogP contribution < -0.4 is 20.3 Å². The maximum atomic E-state index is 12.4. The van der Waals surface area contributed by atoms with E-state index in [2.05, 4.69) is 10.6 Å². The van der Waals surface area contributed by atoms with E-state index in [0.717, 1.165) is 18.4 Å². The van der Waals surface area contributed by atoms with Crippen LogP contribution in [0.4, 0.5) is 10.5 Å². The van der Waals surface area contributed by atoms with Gasteiger partial charge in [-0.05, 0) is 37.5 Å². The Morgan fingerprint density at radius 1 is 1.25 bits per heavy atom. The molecule has 150 valence electrons. The van der Waals surface area contributed by atoms with E-state index in [1.54, 1.807) is 6.07 Å². The Kier molecular flexibility index (Phi) is 5.81. The number of methoxy groups -OCH3 is 1. The van der Waals surface area contributed by atoms with Crippen LogP contribution in [0.5, 0.6) is 5.75 Å². The zero-order chi connectivity index (χ0) is 20.3. The van der Waals surface area contributed by atoms with Crippen molar-refractivity contribution in [3.05, 3.63) is 23.8 Å². The number of hydrogen-bond acceptors (Lipinski definition) is 6. The summed E-state index contributed by atoms with van der Waals surface area (Å²) >= 11 is 0. The summed E-state index contributed by atoms with van der Waals surface area (Å²) in [4.78, 5) is 49.3. The number of aryl methyl sites for hydroxylation is 1. The second-order valence-electron chi connectivity index (χ2n) is 6.98. The number of ether oxygens (including phenoxy) is 2. The summed E-state index contributed by atoms with van der Waals surface area (Å²) in [5, 5.41) is 4.70. The first kappa shape index (κ1) is 19.7. The van der Waals surface area contributed by atoms with Gasteiger partial charge in [0.05, 0.1) is 18.7 Å². The maximum absolute atomic E-state index is 12.4. The molecule has 28 heavy (non-hydrogen) atoms. The van der Waals surface area contributed by atoms with E-state index >= 15 is 0 Å².